The van der Waals surface area contributed by atoms with Crippen LogP contribution in [0.3, 0.4) is 0 Å². The lowest BCUT2D eigenvalue weighted by Gasteiger charge is -2.37. The molecule has 120 valence electrons. The topological polar surface area (TPSA) is 51.8 Å². The Morgan fingerprint density at radius 2 is 2.14 bits per heavy atom. The summed E-state index contributed by atoms with van der Waals surface area (Å²) < 4.78 is 4.28. The van der Waals surface area contributed by atoms with Gasteiger partial charge in [0.25, 0.3) is 0 Å². The van der Waals surface area contributed by atoms with Gasteiger partial charge in [-0.05, 0) is 39.7 Å². The normalized spacial score (nSPS) is 23.8. The van der Waals surface area contributed by atoms with Crippen molar-refractivity contribution in [3.8, 4) is 0 Å². The molecule has 2 aromatic heterocycles. The molecule has 0 aliphatic carbocycles. The van der Waals surface area contributed by atoms with Crippen LogP contribution in [0.4, 0.5) is 0 Å². The summed E-state index contributed by atoms with van der Waals surface area (Å²) in [5.41, 5.74) is -0.0291. The molecule has 2 aromatic rings. The Morgan fingerprint density at radius 1 is 1.32 bits per heavy atom. The Kier molecular flexibility index (Phi) is 4.04. The van der Waals surface area contributed by atoms with E-state index in [0.717, 1.165) is 25.5 Å². The molecule has 6 heteroatoms. The number of nitrogens with zero attached hydrogens (tertiary/aromatic N) is 6. The Morgan fingerprint density at radius 3 is 2.82 bits per heavy atom. The molecular formula is C16H26N6. The molecule has 6 nitrogen and oxygen atoms in total. The van der Waals surface area contributed by atoms with Gasteiger partial charge in [-0.15, -0.1) is 0 Å². The van der Waals surface area contributed by atoms with Crippen LogP contribution in [0.25, 0.3) is 0 Å². The van der Waals surface area contributed by atoms with E-state index in [1.807, 2.05) is 17.2 Å². The second-order valence-electron chi connectivity index (χ2n) is 7.34. The average Bonchev–Trinajstić information content (AvgIpc) is 3.11. The average molecular weight is 302 g/mol. The van der Waals surface area contributed by atoms with Gasteiger partial charge in [-0.1, -0.05) is 6.92 Å². The number of hydrogen-bond donors (Lipinski definition) is 0. The first-order valence-corrected chi connectivity index (χ1v) is 8.04. The van der Waals surface area contributed by atoms with Crippen LogP contribution in [0.5, 0.6) is 0 Å². The maximum atomic E-state index is 4.47. The lowest BCUT2D eigenvalue weighted by atomic mass is 9.93. The molecule has 0 radical (unpaired) electrons. The highest BCUT2D eigenvalue weighted by atomic mass is 15.4. The minimum absolute atomic E-state index is 0.0291. The first-order valence-electron chi connectivity index (χ1n) is 8.04. The second-order valence-corrected chi connectivity index (χ2v) is 7.34. The van der Waals surface area contributed by atoms with E-state index in [2.05, 4.69) is 58.4 Å². The highest BCUT2D eigenvalue weighted by Crippen LogP contribution is 2.28. The quantitative estimate of drug-likeness (QED) is 0.873. The minimum Gasteiger partial charge on any atom is -0.333 e. The molecule has 0 N–H and O–H groups in total. The van der Waals surface area contributed by atoms with Crippen molar-refractivity contribution in [2.24, 2.45) is 5.92 Å². The predicted molar refractivity (Wildman–Crippen MR) is 85.3 cm³/mol. The van der Waals surface area contributed by atoms with Crippen molar-refractivity contribution < 1.29 is 0 Å². The number of likely N-dealkylation sites (tertiary alicyclic amines) is 1. The summed E-state index contributed by atoms with van der Waals surface area (Å²) in [6.45, 7) is 11.8. The van der Waals surface area contributed by atoms with Crippen LogP contribution in [0, 0.1) is 5.92 Å². The number of aromatic nitrogens is 5. The van der Waals surface area contributed by atoms with E-state index in [0.29, 0.717) is 12.0 Å². The summed E-state index contributed by atoms with van der Waals surface area (Å²) in [7, 11) is 0. The van der Waals surface area contributed by atoms with Crippen molar-refractivity contribution in [2.45, 2.75) is 52.2 Å². The van der Waals surface area contributed by atoms with Crippen molar-refractivity contribution in [3.63, 3.8) is 0 Å². The van der Waals surface area contributed by atoms with E-state index < -0.39 is 0 Å². The maximum Gasteiger partial charge on any atom is 0.141 e. The molecule has 22 heavy (non-hydrogen) atoms. The summed E-state index contributed by atoms with van der Waals surface area (Å²) in [6.07, 6.45) is 8.74. The fourth-order valence-corrected chi connectivity index (χ4v) is 3.25. The van der Waals surface area contributed by atoms with Crippen LogP contribution in [0.1, 0.15) is 46.0 Å². The van der Waals surface area contributed by atoms with E-state index >= 15 is 0 Å². The van der Waals surface area contributed by atoms with Gasteiger partial charge in [0.05, 0.1) is 18.4 Å². The van der Waals surface area contributed by atoms with Gasteiger partial charge in [0.1, 0.15) is 12.2 Å². The van der Waals surface area contributed by atoms with Crippen molar-refractivity contribution in [1.82, 2.24) is 29.2 Å². The van der Waals surface area contributed by atoms with Crippen LogP contribution in [-0.2, 0) is 12.1 Å². The standard InChI is InChI=1S/C16H26N6/c1-13-5-7-20(9-14(13)21-8-6-17-12-21)10-15-18-11-19-22(15)16(2,3)4/h6,8,11-14H,5,7,9-10H2,1-4H3/t13-,14-/m0/s1. The maximum absolute atomic E-state index is 4.47. The lowest BCUT2D eigenvalue weighted by Crippen LogP contribution is -2.41. The monoisotopic (exact) mass is 302 g/mol. The Labute approximate surface area is 132 Å². The molecule has 0 bridgehead atoms. The molecule has 1 saturated heterocycles. The van der Waals surface area contributed by atoms with Gasteiger partial charge in [0.2, 0.25) is 0 Å². The minimum atomic E-state index is -0.0291. The summed E-state index contributed by atoms with van der Waals surface area (Å²) >= 11 is 0. The van der Waals surface area contributed by atoms with Crippen molar-refractivity contribution >= 4 is 0 Å². The van der Waals surface area contributed by atoms with Gasteiger partial charge in [-0.25, -0.2) is 14.6 Å². The van der Waals surface area contributed by atoms with Crippen molar-refractivity contribution in [2.75, 3.05) is 13.1 Å². The van der Waals surface area contributed by atoms with Gasteiger partial charge < -0.3 is 4.57 Å². The van der Waals surface area contributed by atoms with Gasteiger partial charge in [0.15, 0.2) is 0 Å². The molecule has 0 unspecified atom stereocenters. The molecule has 3 rings (SSSR count). The Bertz CT molecular complexity index is 594. The van der Waals surface area contributed by atoms with E-state index in [1.54, 1.807) is 6.33 Å². The summed E-state index contributed by atoms with van der Waals surface area (Å²) in [5.74, 6) is 1.72. The predicted octanol–water partition coefficient (Wildman–Crippen LogP) is 2.31. The number of piperidine rings is 1. The van der Waals surface area contributed by atoms with E-state index in [4.69, 9.17) is 0 Å². The summed E-state index contributed by atoms with van der Waals surface area (Å²) in [4.78, 5) is 11.2. The molecule has 1 aliphatic heterocycles. The van der Waals surface area contributed by atoms with Gasteiger partial charge in [0, 0.05) is 25.0 Å². The molecule has 0 spiro atoms. The lowest BCUT2D eigenvalue weighted by molar-refractivity contribution is 0.120. The highest BCUT2D eigenvalue weighted by Gasteiger charge is 2.29. The van der Waals surface area contributed by atoms with Gasteiger partial charge >= 0.3 is 0 Å². The van der Waals surface area contributed by atoms with Crippen LogP contribution in [0.15, 0.2) is 25.0 Å². The van der Waals surface area contributed by atoms with Gasteiger partial charge in [-0.2, -0.15) is 5.10 Å². The number of hydrogen-bond acceptors (Lipinski definition) is 4. The molecule has 1 aliphatic rings. The highest BCUT2D eigenvalue weighted by molar-refractivity contribution is 4.93. The van der Waals surface area contributed by atoms with E-state index in [-0.39, 0.29) is 5.54 Å². The molecule has 3 heterocycles. The molecule has 0 saturated carbocycles. The molecule has 0 aromatic carbocycles. The van der Waals surface area contributed by atoms with E-state index in [1.165, 1.54) is 6.42 Å². The Balaban J connectivity index is 1.73. The van der Waals surface area contributed by atoms with Crippen molar-refractivity contribution in [1.29, 1.82) is 0 Å². The summed E-state index contributed by atoms with van der Waals surface area (Å²) in [6, 6.07) is 0.488. The molecular weight excluding hydrogens is 276 g/mol. The van der Waals surface area contributed by atoms with Crippen LogP contribution in [-0.4, -0.2) is 42.3 Å². The third-order valence-corrected chi connectivity index (χ3v) is 4.53. The first kappa shape index (κ1) is 15.2. The smallest absolute Gasteiger partial charge is 0.141 e. The SMILES string of the molecule is C[C@H]1CCN(Cc2ncnn2C(C)(C)C)C[C@@H]1n1ccnc1. The van der Waals surface area contributed by atoms with Gasteiger partial charge in [-0.3, -0.25) is 4.90 Å². The van der Waals surface area contributed by atoms with Crippen LogP contribution < -0.4 is 0 Å². The Hall–Kier alpha value is -1.69. The number of rotatable bonds is 3. The molecule has 0 amide bonds. The zero-order chi connectivity index (χ0) is 15.7. The largest absolute Gasteiger partial charge is 0.333 e. The molecule has 1 fully saturated rings. The van der Waals surface area contributed by atoms with Crippen molar-refractivity contribution in [3.05, 3.63) is 30.9 Å². The zero-order valence-corrected chi connectivity index (χ0v) is 14.0. The fourth-order valence-electron chi connectivity index (χ4n) is 3.25. The van der Waals surface area contributed by atoms with Crippen LogP contribution >= 0.6 is 0 Å². The fraction of sp³-hybridized carbons (Fsp3) is 0.688. The summed E-state index contributed by atoms with van der Waals surface area (Å²) in [5, 5.41) is 4.40. The molecule has 2 atom stereocenters. The third kappa shape index (κ3) is 3.06. The van der Waals surface area contributed by atoms with Crippen LogP contribution in [0.2, 0.25) is 0 Å². The zero-order valence-electron chi connectivity index (χ0n) is 14.0. The van der Waals surface area contributed by atoms with E-state index in [9.17, 15) is 0 Å². The number of imidazole rings is 1. The third-order valence-electron chi connectivity index (χ3n) is 4.53. The second kappa shape index (κ2) is 5.83. The first-order chi connectivity index (χ1) is 10.4.